The van der Waals surface area contributed by atoms with E-state index in [0.29, 0.717) is 12.2 Å². The first-order valence-electron chi connectivity index (χ1n) is 5.35. The van der Waals surface area contributed by atoms with E-state index < -0.39 is 9.84 Å². The number of aryl methyl sites for hydroxylation is 2. The number of hydrogen-bond donors (Lipinski definition) is 1. The molecule has 17 heavy (non-hydrogen) atoms. The van der Waals surface area contributed by atoms with Crippen LogP contribution in [0.2, 0.25) is 5.15 Å². The maximum Gasteiger partial charge on any atom is 0.171 e. The molecule has 5 nitrogen and oxygen atoms in total. The van der Waals surface area contributed by atoms with Crippen molar-refractivity contribution in [3.8, 4) is 0 Å². The largest absolute Gasteiger partial charge is 0.364 e. The van der Waals surface area contributed by atoms with Crippen LogP contribution < -0.4 is 5.32 Å². The fraction of sp³-hybridized carbons (Fsp3) is 0.600. The van der Waals surface area contributed by atoms with E-state index >= 15 is 0 Å². The highest BCUT2D eigenvalue weighted by Crippen LogP contribution is 2.22. The van der Waals surface area contributed by atoms with E-state index in [1.54, 1.807) is 0 Å². The van der Waals surface area contributed by atoms with Crippen LogP contribution in [0.5, 0.6) is 0 Å². The molecule has 1 unspecified atom stereocenters. The van der Waals surface area contributed by atoms with Crippen molar-refractivity contribution < 1.29 is 8.42 Å². The van der Waals surface area contributed by atoms with Gasteiger partial charge < -0.3 is 5.32 Å². The zero-order valence-corrected chi connectivity index (χ0v) is 11.3. The van der Waals surface area contributed by atoms with E-state index in [-0.39, 0.29) is 22.7 Å². The lowest BCUT2D eigenvalue weighted by Gasteiger charge is -2.13. The van der Waals surface area contributed by atoms with Crippen LogP contribution in [0.3, 0.4) is 0 Å². The molecule has 0 bridgehead atoms. The minimum atomic E-state index is -2.90. The van der Waals surface area contributed by atoms with Crippen LogP contribution in [0, 0.1) is 13.8 Å². The highest BCUT2D eigenvalue weighted by atomic mass is 35.5. The fourth-order valence-corrected chi connectivity index (χ4v) is 3.67. The summed E-state index contributed by atoms with van der Waals surface area (Å²) in [6.07, 6.45) is 0.591. The van der Waals surface area contributed by atoms with Gasteiger partial charge in [-0.05, 0) is 20.3 Å². The van der Waals surface area contributed by atoms with Gasteiger partial charge in [0.15, 0.2) is 20.8 Å². The second kappa shape index (κ2) is 4.42. The third-order valence-corrected chi connectivity index (χ3v) is 4.87. The highest BCUT2D eigenvalue weighted by Gasteiger charge is 2.28. The minimum absolute atomic E-state index is 0.117. The maximum atomic E-state index is 11.3. The predicted octanol–water partition coefficient (Wildman–Crippen LogP) is 1.35. The molecule has 1 aromatic rings. The van der Waals surface area contributed by atoms with Gasteiger partial charge in [0.05, 0.1) is 22.9 Å². The van der Waals surface area contributed by atoms with Crippen LogP contribution in [-0.2, 0) is 9.84 Å². The monoisotopic (exact) mass is 275 g/mol. The van der Waals surface area contributed by atoms with Crippen molar-refractivity contribution in [1.82, 2.24) is 9.97 Å². The standard InChI is InChI=1S/C10H14ClN3O2S/c1-6-7(2)13-10(9(11)12-6)14-8-3-4-17(15,16)5-8/h8H,3-5H2,1-2H3,(H,13,14). The zero-order valence-electron chi connectivity index (χ0n) is 9.70. The van der Waals surface area contributed by atoms with Gasteiger partial charge in [0.25, 0.3) is 0 Å². The number of rotatable bonds is 2. The molecular weight excluding hydrogens is 262 g/mol. The molecule has 0 saturated carbocycles. The smallest absolute Gasteiger partial charge is 0.171 e. The summed E-state index contributed by atoms with van der Waals surface area (Å²) in [5.74, 6) is 0.829. The number of sulfone groups is 1. The van der Waals surface area contributed by atoms with Gasteiger partial charge in [0, 0.05) is 6.04 Å². The van der Waals surface area contributed by atoms with Gasteiger partial charge in [-0.25, -0.2) is 18.4 Å². The van der Waals surface area contributed by atoms with Crippen LogP contribution in [0.1, 0.15) is 17.8 Å². The Morgan fingerprint density at radius 3 is 2.53 bits per heavy atom. The summed E-state index contributed by atoms with van der Waals surface area (Å²) in [7, 11) is -2.90. The molecule has 0 amide bonds. The van der Waals surface area contributed by atoms with E-state index in [9.17, 15) is 8.42 Å². The van der Waals surface area contributed by atoms with Crippen LogP contribution in [0.15, 0.2) is 0 Å². The molecule has 1 aliphatic heterocycles. The van der Waals surface area contributed by atoms with Gasteiger partial charge in [-0.2, -0.15) is 0 Å². The van der Waals surface area contributed by atoms with Crippen molar-refractivity contribution in [2.45, 2.75) is 26.3 Å². The van der Waals surface area contributed by atoms with Crippen molar-refractivity contribution in [2.24, 2.45) is 0 Å². The summed E-state index contributed by atoms with van der Waals surface area (Å²) in [6, 6.07) is -0.117. The Morgan fingerprint density at radius 1 is 1.29 bits per heavy atom. The molecule has 0 spiro atoms. The Hall–Kier alpha value is -0.880. The number of halogens is 1. The molecule has 1 aliphatic rings. The average Bonchev–Trinajstić information content (AvgIpc) is 2.54. The highest BCUT2D eigenvalue weighted by molar-refractivity contribution is 7.91. The summed E-state index contributed by atoms with van der Waals surface area (Å²) < 4.78 is 22.7. The molecule has 1 N–H and O–H groups in total. The SMILES string of the molecule is Cc1nc(Cl)c(NC2CCS(=O)(=O)C2)nc1C. The summed E-state index contributed by atoms with van der Waals surface area (Å²) in [5.41, 5.74) is 1.57. The van der Waals surface area contributed by atoms with E-state index in [2.05, 4.69) is 15.3 Å². The first-order valence-corrected chi connectivity index (χ1v) is 7.55. The quantitative estimate of drug-likeness (QED) is 0.882. The second-order valence-corrected chi connectivity index (χ2v) is 6.86. The summed E-state index contributed by atoms with van der Waals surface area (Å²) in [5, 5.41) is 3.34. The number of anilines is 1. The zero-order chi connectivity index (χ0) is 12.6. The number of nitrogens with one attached hydrogen (secondary N) is 1. The number of aromatic nitrogens is 2. The normalized spacial score (nSPS) is 22.6. The molecule has 2 rings (SSSR count). The molecule has 0 aliphatic carbocycles. The Balaban J connectivity index is 2.17. The first kappa shape index (κ1) is 12.6. The van der Waals surface area contributed by atoms with E-state index in [1.165, 1.54) is 0 Å². The lowest BCUT2D eigenvalue weighted by Crippen LogP contribution is -2.22. The topological polar surface area (TPSA) is 72.0 Å². The Kier molecular flexibility index (Phi) is 3.27. The molecular formula is C10H14ClN3O2S. The van der Waals surface area contributed by atoms with Crippen molar-refractivity contribution in [3.63, 3.8) is 0 Å². The number of hydrogen-bond acceptors (Lipinski definition) is 5. The summed E-state index contributed by atoms with van der Waals surface area (Å²) in [4.78, 5) is 8.43. The van der Waals surface area contributed by atoms with Crippen molar-refractivity contribution in [1.29, 1.82) is 0 Å². The molecule has 7 heteroatoms. The molecule has 1 aromatic heterocycles. The van der Waals surface area contributed by atoms with Gasteiger partial charge in [-0.15, -0.1) is 0 Å². The lowest BCUT2D eigenvalue weighted by atomic mass is 10.2. The van der Waals surface area contributed by atoms with E-state index in [1.807, 2.05) is 13.8 Å². The predicted molar refractivity (Wildman–Crippen MR) is 67.2 cm³/mol. The van der Waals surface area contributed by atoms with Crippen LogP contribution in [-0.4, -0.2) is 35.9 Å². The molecule has 2 heterocycles. The lowest BCUT2D eigenvalue weighted by molar-refractivity contribution is 0.602. The number of nitrogens with zero attached hydrogens (tertiary/aromatic N) is 2. The Morgan fingerprint density at radius 2 is 1.94 bits per heavy atom. The van der Waals surface area contributed by atoms with Crippen molar-refractivity contribution in [3.05, 3.63) is 16.5 Å². The minimum Gasteiger partial charge on any atom is -0.364 e. The van der Waals surface area contributed by atoms with Crippen LogP contribution in [0.4, 0.5) is 5.82 Å². The summed E-state index contributed by atoms with van der Waals surface area (Å²) >= 11 is 5.97. The van der Waals surface area contributed by atoms with Gasteiger partial charge >= 0.3 is 0 Å². The molecule has 94 valence electrons. The Labute approximate surface area is 106 Å². The molecule has 0 aromatic carbocycles. The van der Waals surface area contributed by atoms with Crippen molar-refractivity contribution in [2.75, 3.05) is 16.8 Å². The molecule has 1 atom stereocenters. The summed E-state index contributed by atoms with van der Waals surface area (Å²) in [6.45, 7) is 3.67. The molecule has 1 saturated heterocycles. The van der Waals surface area contributed by atoms with Gasteiger partial charge in [-0.1, -0.05) is 11.6 Å². The maximum absolute atomic E-state index is 11.3. The van der Waals surface area contributed by atoms with E-state index in [4.69, 9.17) is 11.6 Å². The third kappa shape index (κ3) is 2.87. The average molecular weight is 276 g/mol. The van der Waals surface area contributed by atoms with Crippen LogP contribution >= 0.6 is 11.6 Å². The van der Waals surface area contributed by atoms with Crippen LogP contribution in [0.25, 0.3) is 0 Å². The first-order chi connectivity index (χ1) is 7.87. The van der Waals surface area contributed by atoms with Gasteiger partial charge in [-0.3, -0.25) is 0 Å². The second-order valence-electron chi connectivity index (χ2n) is 4.28. The molecule has 1 fully saturated rings. The Bertz CT molecular complexity index is 545. The van der Waals surface area contributed by atoms with Gasteiger partial charge in [0.2, 0.25) is 0 Å². The third-order valence-electron chi connectivity index (χ3n) is 2.84. The molecule has 0 radical (unpaired) electrons. The van der Waals surface area contributed by atoms with Gasteiger partial charge in [0.1, 0.15) is 0 Å². The van der Waals surface area contributed by atoms with Crippen molar-refractivity contribution >= 4 is 27.3 Å². The van der Waals surface area contributed by atoms with E-state index in [0.717, 1.165) is 11.4 Å². The fourth-order valence-electron chi connectivity index (χ4n) is 1.77.